The van der Waals surface area contributed by atoms with Crippen molar-refractivity contribution in [3.8, 4) is 11.3 Å². The molecule has 0 N–H and O–H groups in total. The monoisotopic (exact) mass is 390 g/mol. The zero-order chi connectivity index (χ0) is 20.1. The fraction of sp³-hybridized carbons (Fsp3) is 0.348. The first kappa shape index (κ1) is 19.3. The summed E-state index contributed by atoms with van der Waals surface area (Å²) in [6, 6.07) is 9.52. The Hall–Kier alpha value is -2.99. The highest BCUT2D eigenvalue weighted by Gasteiger charge is 2.25. The van der Waals surface area contributed by atoms with Crippen LogP contribution in [-0.4, -0.2) is 65.5 Å². The molecule has 2 aliphatic rings. The smallest absolute Gasteiger partial charge is 0.254 e. The molecule has 2 heterocycles. The van der Waals surface area contributed by atoms with Crippen LogP contribution in [0.25, 0.3) is 11.3 Å². The van der Waals surface area contributed by atoms with Gasteiger partial charge in [0, 0.05) is 50.0 Å². The van der Waals surface area contributed by atoms with Gasteiger partial charge in [0.05, 0.1) is 12.8 Å². The van der Waals surface area contributed by atoms with Gasteiger partial charge < -0.3 is 9.64 Å². The number of carbonyl (C=O) groups excluding carboxylic acids is 1. The molecule has 1 aliphatic carbocycles. The Labute approximate surface area is 171 Å². The molecule has 0 radical (unpaired) electrons. The lowest BCUT2D eigenvalue weighted by Gasteiger charge is -2.36. The van der Waals surface area contributed by atoms with Gasteiger partial charge in [-0.05, 0) is 36.6 Å². The second kappa shape index (κ2) is 9.01. The molecule has 1 unspecified atom stereocenters. The average Bonchev–Trinajstić information content (AvgIpc) is 2.80. The summed E-state index contributed by atoms with van der Waals surface area (Å²) >= 11 is 0. The maximum absolute atomic E-state index is 13.2. The molecule has 1 fully saturated rings. The highest BCUT2D eigenvalue weighted by Crippen LogP contribution is 2.23. The molecule has 1 atom stereocenters. The fourth-order valence-corrected chi connectivity index (χ4v) is 3.91. The zero-order valence-corrected chi connectivity index (χ0v) is 16.7. The number of ether oxygens (including phenoxy) is 1. The first-order valence-corrected chi connectivity index (χ1v) is 10.0. The second-order valence-corrected chi connectivity index (χ2v) is 7.40. The van der Waals surface area contributed by atoms with Crippen LogP contribution in [-0.2, 0) is 4.74 Å². The molecule has 6 nitrogen and oxygen atoms in total. The molecule has 4 rings (SSSR count). The second-order valence-electron chi connectivity index (χ2n) is 7.40. The first-order chi connectivity index (χ1) is 14.2. The zero-order valence-electron chi connectivity index (χ0n) is 16.7. The van der Waals surface area contributed by atoms with E-state index in [1.165, 1.54) is 6.33 Å². The normalized spacial score (nSPS) is 19.7. The Morgan fingerprint density at radius 3 is 2.69 bits per heavy atom. The third-order valence-electron chi connectivity index (χ3n) is 5.56. The van der Waals surface area contributed by atoms with Crippen LogP contribution in [0, 0.1) is 5.92 Å². The molecule has 0 spiro atoms. The lowest BCUT2D eigenvalue weighted by atomic mass is 9.99. The largest absolute Gasteiger partial charge is 0.497 e. The number of allylic oxidation sites excluding steroid dienone is 2. The van der Waals surface area contributed by atoms with E-state index < -0.39 is 0 Å². The summed E-state index contributed by atoms with van der Waals surface area (Å²) in [5.41, 5.74) is 2.33. The predicted molar refractivity (Wildman–Crippen MR) is 112 cm³/mol. The van der Waals surface area contributed by atoms with E-state index in [0.29, 0.717) is 11.5 Å². The molecule has 0 bridgehead atoms. The van der Waals surface area contributed by atoms with Crippen LogP contribution in [0.5, 0.6) is 0 Å². The number of amides is 1. The maximum Gasteiger partial charge on any atom is 0.254 e. The number of hydrogen-bond acceptors (Lipinski definition) is 5. The van der Waals surface area contributed by atoms with E-state index in [0.717, 1.165) is 56.2 Å². The summed E-state index contributed by atoms with van der Waals surface area (Å²) in [6.07, 6.45) is 10.7. The van der Waals surface area contributed by atoms with E-state index in [2.05, 4.69) is 33.1 Å². The van der Waals surface area contributed by atoms with Gasteiger partial charge in [-0.3, -0.25) is 9.69 Å². The third kappa shape index (κ3) is 4.54. The van der Waals surface area contributed by atoms with Gasteiger partial charge in [0.15, 0.2) is 0 Å². The van der Waals surface area contributed by atoms with E-state index in [1.54, 1.807) is 13.3 Å². The SMILES string of the molecule is COC1=CCC(CN2CCN(C(=O)c3ccccc3-c3ccncn3)CC2)C=C1. The van der Waals surface area contributed by atoms with Crippen molar-refractivity contribution in [3.05, 3.63) is 72.4 Å². The van der Waals surface area contributed by atoms with Crippen LogP contribution in [0.15, 0.2) is 66.8 Å². The molecule has 1 aliphatic heterocycles. The van der Waals surface area contributed by atoms with Crippen LogP contribution >= 0.6 is 0 Å². The lowest BCUT2D eigenvalue weighted by Crippen LogP contribution is -2.49. The van der Waals surface area contributed by atoms with Crippen molar-refractivity contribution in [1.29, 1.82) is 0 Å². The first-order valence-electron chi connectivity index (χ1n) is 10.0. The van der Waals surface area contributed by atoms with E-state index in [1.807, 2.05) is 35.2 Å². The summed E-state index contributed by atoms with van der Waals surface area (Å²) in [5.74, 6) is 1.53. The minimum absolute atomic E-state index is 0.0732. The summed E-state index contributed by atoms with van der Waals surface area (Å²) < 4.78 is 5.26. The topological polar surface area (TPSA) is 58.6 Å². The van der Waals surface area contributed by atoms with E-state index in [4.69, 9.17) is 4.74 Å². The Kier molecular flexibility index (Phi) is 6.00. The minimum Gasteiger partial charge on any atom is -0.497 e. The van der Waals surface area contributed by atoms with Gasteiger partial charge in [-0.25, -0.2) is 9.97 Å². The molecule has 1 amide bonds. The fourth-order valence-electron chi connectivity index (χ4n) is 3.91. The number of rotatable bonds is 5. The molecule has 6 heteroatoms. The van der Waals surface area contributed by atoms with Gasteiger partial charge in [0.1, 0.15) is 12.1 Å². The predicted octanol–water partition coefficient (Wildman–Crippen LogP) is 3.01. The van der Waals surface area contributed by atoms with Crippen LogP contribution < -0.4 is 0 Å². The molecule has 1 aromatic carbocycles. The molecule has 150 valence electrons. The van der Waals surface area contributed by atoms with Crippen molar-refractivity contribution in [2.45, 2.75) is 6.42 Å². The number of piperazine rings is 1. The molecule has 1 aromatic heterocycles. The number of benzene rings is 1. The van der Waals surface area contributed by atoms with E-state index in [-0.39, 0.29) is 5.91 Å². The Balaban J connectivity index is 1.37. The summed E-state index contributed by atoms with van der Waals surface area (Å²) in [5, 5.41) is 0. The Morgan fingerprint density at radius 2 is 2.00 bits per heavy atom. The number of carbonyl (C=O) groups is 1. The van der Waals surface area contributed by atoms with Gasteiger partial charge in [-0.1, -0.05) is 24.3 Å². The number of methoxy groups -OCH3 is 1. The van der Waals surface area contributed by atoms with Crippen LogP contribution in [0.4, 0.5) is 0 Å². The van der Waals surface area contributed by atoms with E-state index in [9.17, 15) is 4.79 Å². The lowest BCUT2D eigenvalue weighted by molar-refractivity contribution is 0.0625. The van der Waals surface area contributed by atoms with Crippen molar-refractivity contribution in [3.63, 3.8) is 0 Å². The van der Waals surface area contributed by atoms with E-state index >= 15 is 0 Å². The third-order valence-corrected chi connectivity index (χ3v) is 5.56. The van der Waals surface area contributed by atoms with Crippen LogP contribution in [0.3, 0.4) is 0 Å². The van der Waals surface area contributed by atoms with Crippen molar-refractivity contribution in [2.24, 2.45) is 5.92 Å². The van der Waals surface area contributed by atoms with Crippen LogP contribution in [0.1, 0.15) is 16.8 Å². The molecule has 29 heavy (non-hydrogen) atoms. The van der Waals surface area contributed by atoms with Gasteiger partial charge in [0.2, 0.25) is 0 Å². The molecule has 2 aromatic rings. The van der Waals surface area contributed by atoms with Gasteiger partial charge in [0.25, 0.3) is 5.91 Å². The minimum atomic E-state index is 0.0732. The summed E-state index contributed by atoms with van der Waals surface area (Å²) in [4.78, 5) is 25.9. The number of hydrogen-bond donors (Lipinski definition) is 0. The van der Waals surface area contributed by atoms with Crippen molar-refractivity contribution in [2.75, 3.05) is 39.8 Å². The van der Waals surface area contributed by atoms with Gasteiger partial charge in [-0.15, -0.1) is 0 Å². The van der Waals surface area contributed by atoms with Crippen molar-refractivity contribution >= 4 is 5.91 Å². The maximum atomic E-state index is 13.2. The highest BCUT2D eigenvalue weighted by atomic mass is 16.5. The molecule has 1 saturated heterocycles. The summed E-state index contributed by atoms with van der Waals surface area (Å²) in [6.45, 7) is 4.29. The van der Waals surface area contributed by atoms with Gasteiger partial charge in [-0.2, -0.15) is 0 Å². The average molecular weight is 390 g/mol. The molecular weight excluding hydrogens is 364 g/mol. The van der Waals surface area contributed by atoms with Gasteiger partial charge >= 0.3 is 0 Å². The molecular formula is C23H26N4O2. The van der Waals surface area contributed by atoms with Crippen molar-refractivity contribution in [1.82, 2.24) is 19.8 Å². The van der Waals surface area contributed by atoms with Crippen LogP contribution in [0.2, 0.25) is 0 Å². The Bertz CT molecular complexity index is 902. The quantitative estimate of drug-likeness (QED) is 0.786. The molecule has 0 saturated carbocycles. The number of aromatic nitrogens is 2. The standard InChI is InChI=1S/C23H26N4O2/c1-29-19-8-6-18(7-9-19)16-26-12-14-27(15-13-26)23(28)21-5-3-2-4-20(21)22-10-11-24-17-25-22/h2-6,8-11,17-18H,7,12-16H2,1H3. The highest BCUT2D eigenvalue weighted by molar-refractivity contribution is 6.00. The summed E-state index contributed by atoms with van der Waals surface area (Å²) in [7, 11) is 1.70. The number of nitrogens with zero attached hydrogens (tertiary/aromatic N) is 4. The van der Waals surface area contributed by atoms with Crippen molar-refractivity contribution < 1.29 is 9.53 Å². The Morgan fingerprint density at radius 1 is 1.17 bits per heavy atom.